The predicted octanol–water partition coefficient (Wildman–Crippen LogP) is 0.248. The van der Waals surface area contributed by atoms with E-state index in [0.717, 1.165) is 0 Å². The average molecular weight is 144 g/mol. The molecule has 10 heavy (non-hydrogen) atoms. The molecule has 0 bridgehead atoms. The minimum Gasteiger partial charge on any atom is -0.368 e. The highest BCUT2D eigenvalue weighted by Crippen LogP contribution is 2.01. The van der Waals surface area contributed by atoms with E-state index in [1.165, 1.54) is 0 Å². The Labute approximate surface area is 62.0 Å². The molecule has 0 unspecified atom stereocenters. The van der Waals surface area contributed by atoms with Crippen LogP contribution in [0.1, 0.15) is 27.7 Å². The summed E-state index contributed by atoms with van der Waals surface area (Å²) in [4.78, 5) is 10.7. The van der Waals surface area contributed by atoms with Crippen molar-refractivity contribution in [1.82, 2.24) is 5.32 Å². The third kappa shape index (κ3) is 2.82. The van der Waals surface area contributed by atoms with Crippen LogP contribution in [0.3, 0.4) is 0 Å². The zero-order valence-electron chi connectivity index (χ0n) is 7.06. The maximum absolute atomic E-state index is 10.7. The number of carbonyl (C=O) groups excluding carboxylic acids is 1. The van der Waals surface area contributed by atoms with Gasteiger partial charge in [-0.25, -0.2) is 0 Å². The van der Waals surface area contributed by atoms with Gasteiger partial charge in [-0.1, -0.05) is 0 Å². The first-order chi connectivity index (χ1) is 4.36. The van der Waals surface area contributed by atoms with Crippen molar-refractivity contribution in [2.45, 2.75) is 39.3 Å². The lowest BCUT2D eigenvalue weighted by atomic mass is 10.0. The van der Waals surface area contributed by atoms with E-state index >= 15 is 0 Å². The molecule has 0 aromatic rings. The fourth-order valence-corrected chi connectivity index (χ4v) is 0.793. The first kappa shape index (κ1) is 9.43. The lowest BCUT2D eigenvalue weighted by molar-refractivity contribution is -0.123. The number of rotatable bonds is 3. The minimum atomic E-state index is -0.589. The van der Waals surface area contributed by atoms with Gasteiger partial charge in [0.25, 0.3) is 0 Å². The van der Waals surface area contributed by atoms with Crippen LogP contribution in [0.2, 0.25) is 0 Å². The van der Waals surface area contributed by atoms with Gasteiger partial charge >= 0.3 is 0 Å². The molecule has 0 saturated heterocycles. The summed E-state index contributed by atoms with van der Waals surface area (Å²) in [5, 5.41) is 3.04. The highest BCUT2D eigenvalue weighted by atomic mass is 16.1. The van der Waals surface area contributed by atoms with Gasteiger partial charge in [0.1, 0.15) is 0 Å². The van der Waals surface area contributed by atoms with Crippen molar-refractivity contribution in [2.75, 3.05) is 0 Å². The molecule has 0 aromatic carbocycles. The van der Waals surface area contributed by atoms with Crippen LogP contribution < -0.4 is 11.1 Å². The van der Waals surface area contributed by atoms with Crippen molar-refractivity contribution in [3.05, 3.63) is 0 Å². The van der Waals surface area contributed by atoms with Gasteiger partial charge in [-0.2, -0.15) is 0 Å². The topological polar surface area (TPSA) is 55.1 Å². The second kappa shape index (κ2) is 3.01. The molecule has 0 rings (SSSR count). The standard InChI is InChI=1S/C7H16N2O/c1-5(2)9-7(3,4)6(8)10/h5,9H,1-4H3,(H2,8,10). The van der Waals surface area contributed by atoms with Crippen LogP contribution in [0.4, 0.5) is 0 Å². The number of carbonyl (C=O) groups is 1. The van der Waals surface area contributed by atoms with Crippen LogP contribution in [0, 0.1) is 0 Å². The maximum atomic E-state index is 10.7. The summed E-state index contributed by atoms with van der Waals surface area (Å²) >= 11 is 0. The van der Waals surface area contributed by atoms with Gasteiger partial charge in [-0.05, 0) is 27.7 Å². The van der Waals surface area contributed by atoms with Gasteiger partial charge < -0.3 is 11.1 Å². The number of amides is 1. The van der Waals surface area contributed by atoms with Crippen LogP contribution in [-0.4, -0.2) is 17.5 Å². The molecule has 0 fully saturated rings. The van der Waals surface area contributed by atoms with Gasteiger partial charge in [0, 0.05) is 6.04 Å². The molecular weight excluding hydrogens is 128 g/mol. The Kier molecular flexibility index (Phi) is 2.84. The van der Waals surface area contributed by atoms with Gasteiger partial charge in [0.2, 0.25) is 5.91 Å². The van der Waals surface area contributed by atoms with Crippen LogP contribution in [0.5, 0.6) is 0 Å². The lowest BCUT2D eigenvalue weighted by Gasteiger charge is -2.24. The van der Waals surface area contributed by atoms with E-state index < -0.39 is 5.54 Å². The molecule has 1 amide bonds. The highest BCUT2D eigenvalue weighted by Gasteiger charge is 2.24. The Bertz CT molecular complexity index is 130. The zero-order valence-corrected chi connectivity index (χ0v) is 7.06. The molecule has 0 aliphatic carbocycles. The number of primary amides is 1. The highest BCUT2D eigenvalue weighted by molar-refractivity contribution is 5.83. The molecule has 0 aromatic heterocycles. The van der Waals surface area contributed by atoms with E-state index in [1.54, 1.807) is 13.8 Å². The number of hydrogen-bond acceptors (Lipinski definition) is 2. The quantitative estimate of drug-likeness (QED) is 0.596. The van der Waals surface area contributed by atoms with Gasteiger partial charge in [0.15, 0.2) is 0 Å². The zero-order chi connectivity index (χ0) is 8.36. The lowest BCUT2D eigenvalue weighted by Crippen LogP contribution is -2.53. The molecule has 0 radical (unpaired) electrons. The molecule has 0 aliphatic heterocycles. The second-order valence-corrected chi connectivity index (χ2v) is 3.29. The third-order valence-corrected chi connectivity index (χ3v) is 1.27. The Balaban J connectivity index is 4.00. The molecule has 3 heteroatoms. The molecule has 60 valence electrons. The Morgan fingerprint density at radius 3 is 2.00 bits per heavy atom. The van der Waals surface area contributed by atoms with Crippen LogP contribution in [0.25, 0.3) is 0 Å². The Hall–Kier alpha value is -0.570. The number of nitrogens with two attached hydrogens (primary N) is 1. The van der Waals surface area contributed by atoms with E-state index in [-0.39, 0.29) is 11.9 Å². The molecule has 0 aliphatic rings. The molecule has 3 N–H and O–H groups in total. The Morgan fingerprint density at radius 1 is 1.50 bits per heavy atom. The summed E-state index contributed by atoms with van der Waals surface area (Å²) in [6, 6.07) is 0.280. The van der Waals surface area contributed by atoms with E-state index in [4.69, 9.17) is 5.73 Å². The van der Waals surface area contributed by atoms with Crippen molar-refractivity contribution < 1.29 is 4.79 Å². The molecule has 3 nitrogen and oxygen atoms in total. The Morgan fingerprint density at radius 2 is 1.90 bits per heavy atom. The third-order valence-electron chi connectivity index (χ3n) is 1.27. The fourth-order valence-electron chi connectivity index (χ4n) is 0.793. The summed E-state index contributed by atoms with van der Waals surface area (Å²) in [6.07, 6.45) is 0. The maximum Gasteiger partial charge on any atom is 0.237 e. The molecule has 0 atom stereocenters. The van der Waals surface area contributed by atoms with Crippen molar-refractivity contribution in [3.8, 4) is 0 Å². The summed E-state index contributed by atoms with van der Waals surface area (Å²) in [6.45, 7) is 7.50. The monoisotopic (exact) mass is 144 g/mol. The van der Waals surface area contributed by atoms with Crippen molar-refractivity contribution >= 4 is 5.91 Å². The van der Waals surface area contributed by atoms with E-state index in [9.17, 15) is 4.79 Å². The number of nitrogens with one attached hydrogen (secondary N) is 1. The van der Waals surface area contributed by atoms with Crippen LogP contribution >= 0.6 is 0 Å². The van der Waals surface area contributed by atoms with Crippen molar-refractivity contribution in [3.63, 3.8) is 0 Å². The average Bonchev–Trinajstić information content (AvgIpc) is 1.60. The number of hydrogen-bond donors (Lipinski definition) is 2. The second-order valence-electron chi connectivity index (χ2n) is 3.29. The molecule has 0 spiro atoms. The smallest absolute Gasteiger partial charge is 0.237 e. The SMILES string of the molecule is CC(C)NC(C)(C)C(N)=O. The fraction of sp³-hybridized carbons (Fsp3) is 0.857. The van der Waals surface area contributed by atoms with Crippen molar-refractivity contribution in [2.24, 2.45) is 5.73 Å². The summed E-state index contributed by atoms with van der Waals surface area (Å²) in [7, 11) is 0. The summed E-state index contributed by atoms with van der Waals surface area (Å²) < 4.78 is 0. The van der Waals surface area contributed by atoms with Gasteiger partial charge in [0.05, 0.1) is 5.54 Å². The van der Waals surface area contributed by atoms with Gasteiger partial charge in [-0.15, -0.1) is 0 Å². The van der Waals surface area contributed by atoms with E-state index in [0.29, 0.717) is 0 Å². The van der Waals surface area contributed by atoms with Crippen LogP contribution in [-0.2, 0) is 4.79 Å². The molecule has 0 heterocycles. The minimum absolute atomic E-state index is 0.280. The largest absolute Gasteiger partial charge is 0.368 e. The summed E-state index contributed by atoms with van der Waals surface area (Å²) in [5.74, 6) is -0.318. The first-order valence-corrected chi connectivity index (χ1v) is 3.44. The van der Waals surface area contributed by atoms with E-state index in [2.05, 4.69) is 5.32 Å². The molecular formula is C7H16N2O. The predicted molar refractivity (Wildman–Crippen MR) is 41.5 cm³/mol. The van der Waals surface area contributed by atoms with Crippen molar-refractivity contribution in [1.29, 1.82) is 0 Å². The summed E-state index contributed by atoms with van der Waals surface area (Å²) in [5.41, 5.74) is 4.53. The van der Waals surface area contributed by atoms with E-state index in [1.807, 2.05) is 13.8 Å². The van der Waals surface area contributed by atoms with Crippen LogP contribution in [0.15, 0.2) is 0 Å². The normalized spacial score (nSPS) is 12.1. The van der Waals surface area contributed by atoms with Gasteiger partial charge in [-0.3, -0.25) is 4.79 Å². The first-order valence-electron chi connectivity index (χ1n) is 3.44. The molecule has 0 saturated carbocycles.